The first kappa shape index (κ1) is 13.3. The lowest BCUT2D eigenvalue weighted by Gasteiger charge is -2.11. The average Bonchev–Trinajstić information content (AvgIpc) is 3.13. The van der Waals surface area contributed by atoms with Crippen molar-refractivity contribution in [1.82, 2.24) is 10.3 Å². The van der Waals surface area contributed by atoms with Crippen LogP contribution in [0, 0.1) is 13.8 Å². The van der Waals surface area contributed by atoms with Gasteiger partial charge in [-0.2, -0.15) is 0 Å². The first-order valence-electron chi connectivity index (χ1n) is 6.28. The van der Waals surface area contributed by atoms with Crippen LogP contribution in [0.25, 0.3) is 0 Å². The third-order valence-electron chi connectivity index (χ3n) is 3.09. The minimum Gasteiger partial charge on any atom is -0.365 e. The van der Waals surface area contributed by atoms with Crippen molar-refractivity contribution in [2.24, 2.45) is 5.73 Å². The normalized spacial score (nSPS) is 14.0. The maximum atomic E-state index is 11.6. The highest BCUT2D eigenvalue weighted by Crippen LogP contribution is 2.19. The Balaban J connectivity index is 2.07. The van der Waals surface area contributed by atoms with Crippen molar-refractivity contribution < 1.29 is 9.59 Å². The topological polar surface area (TPSA) is 97.1 Å². The number of rotatable bonds is 5. The average molecular weight is 262 g/mol. The molecule has 6 nitrogen and oxygen atoms in total. The van der Waals surface area contributed by atoms with Crippen LogP contribution >= 0.6 is 0 Å². The summed E-state index contributed by atoms with van der Waals surface area (Å²) in [6.07, 6.45) is 2.08. The predicted octanol–water partition coefficient (Wildman–Crippen LogP) is 0.488. The molecule has 1 saturated carbocycles. The van der Waals surface area contributed by atoms with Crippen molar-refractivity contribution in [3.63, 3.8) is 0 Å². The van der Waals surface area contributed by atoms with Gasteiger partial charge < -0.3 is 16.4 Å². The Kier molecular flexibility index (Phi) is 3.69. The lowest BCUT2D eigenvalue weighted by atomic mass is 10.1. The van der Waals surface area contributed by atoms with E-state index in [0.29, 0.717) is 17.4 Å². The predicted molar refractivity (Wildman–Crippen MR) is 71.9 cm³/mol. The molecule has 1 aliphatic rings. The van der Waals surface area contributed by atoms with E-state index < -0.39 is 5.91 Å². The Morgan fingerprint density at radius 2 is 2.11 bits per heavy atom. The molecule has 1 aliphatic carbocycles. The van der Waals surface area contributed by atoms with Gasteiger partial charge in [-0.05, 0) is 38.3 Å². The van der Waals surface area contributed by atoms with Crippen molar-refractivity contribution in [3.05, 3.63) is 22.9 Å². The van der Waals surface area contributed by atoms with Gasteiger partial charge in [-0.1, -0.05) is 0 Å². The van der Waals surface area contributed by atoms with Crippen molar-refractivity contribution in [1.29, 1.82) is 0 Å². The summed E-state index contributed by atoms with van der Waals surface area (Å²) in [5, 5.41) is 5.72. The second-order valence-corrected chi connectivity index (χ2v) is 4.85. The Morgan fingerprint density at radius 3 is 2.68 bits per heavy atom. The molecular formula is C13H18N4O2. The first-order chi connectivity index (χ1) is 8.97. The lowest BCUT2D eigenvalue weighted by molar-refractivity contribution is -0.119. The van der Waals surface area contributed by atoms with Crippen LogP contribution in [0.2, 0.25) is 0 Å². The van der Waals surface area contributed by atoms with Crippen LogP contribution in [-0.2, 0) is 4.79 Å². The summed E-state index contributed by atoms with van der Waals surface area (Å²) in [5.41, 5.74) is 7.31. The van der Waals surface area contributed by atoms with Crippen molar-refractivity contribution in [2.45, 2.75) is 32.7 Å². The Bertz CT molecular complexity index is 524. The summed E-state index contributed by atoms with van der Waals surface area (Å²) in [7, 11) is 0. The molecule has 19 heavy (non-hydrogen) atoms. The first-order valence-corrected chi connectivity index (χ1v) is 6.28. The van der Waals surface area contributed by atoms with E-state index in [1.807, 2.05) is 13.8 Å². The van der Waals surface area contributed by atoms with Gasteiger partial charge in [-0.15, -0.1) is 0 Å². The number of primary amides is 1. The number of amides is 2. The fourth-order valence-corrected chi connectivity index (χ4v) is 1.70. The highest BCUT2D eigenvalue weighted by atomic mass is 16.2. The Hall–Kier alpha value is -2.11. The fourth-order valence-electron chi connectivity index (χ4n) is 1.70. The highest BCUT2D eigenvalue weighted by molar-refractivity contribution is 5.98. The zero-order valence-electron chi connectivity index (χ0n) is 11.1. The van der Waals surface area contributed by atoms with Crippen molar-refractivity contribution >= 4 is 17.6 Å². The molecule has 2 rings (SSSR count). The number of hydrogen-bond donors (Lipinski definition) is 3. The van der Waals surface area contributed by atoms with Gasteiger partial charge in [0, 0.05) is 11.7 Å². The van der Waals surface area contributed by atoms with Crippen LogP contribution in [0.5, 0.6) is 0 Å². The number of nitrogens with two attached hydrogens (primary N) is 1. The minimum absolute atomic E-state index is 0.0896. The number of anilines is 1. The molecular weight excluding hydrogens is 244 g/mol. The molecule has 0 aromatic carbocycles. The summed E-state index contributed by atoms with van der Waals surface area (Å²) in [4.78, 5) is 27.2. The van der Waals surface area contributed by atoms with Crippen LogP contribution in [-0.4, -0.2) is 29.4 Å². The maximum Gasteiger partial charge on any atom is 0.252 e. The molecule has 0 spiro atoms. The molecule has 1 aromatic rings. The smallest absolute Gasteiger partial charge is 0.252 e. The molecule has 0 unspecified atom stereocenters. The molecule has 2 amide bonds. The van der Waals surface area contributed by atoms with E-state index in [1.165, 1.54) is 0 Å². The molecule has 0 radical (unpaired) electrons. The minimum atomic E-state index is -0.555. The largest absolute Gasteiger partial charge is 0.365 e. The van der Waals surface area contributed by atoms with Gasteiger partial charge in [-0.3, -0.25) is 9.59 Å². The van der Waals surface area contributed by atoms with Crippen LogP contribution in [0.4, 0.5) is 5.82 Å². The van der Waals surface area contributed by atoms with Crippen LogP contribution in [0.1, 0.15) is 34.5 Å². The number of pyridine rings is 1. The van der Waals surface area contributed by atoms with Gasteiger partial charge in [0.05, 0.1) is 12.1 Å². The number of carbonyl (C=O) groups is 2. The Labute approximate surface area is 111 Å². The van der Waals surface area contributed by atoms with Gasteiger partial charge in [0.15, 0.2) is 0 Å². The van der Waals surface area contributed by atoms with Gasteiger partial charge in [-0.25, -0.2) is 4.98 Å². The molecule has 102 valence electrons. The zero-order valence-corrected chi connectivity index (χ0v) is 11.1. The van der Waals surface area contributed by atoms with E-state index in [0.717, 1.165) is 24.1 Å². The number of nitrogens with zero attached hydrogens (tertiary/aromatic N) is 1. The molecule has 4 N–H and O–H groups in total. The standard InChI is InChI=1S/C13H18N4O2/c1-7-5-10(12(14)19)13(16-8(7)2)15-6-11(18)17-9-3-4-9/h5,9H,3-4,6H2,1-2H3,(H2,14,19)(H,15,16)(H,17,18). The monoisotopic (exact) mass is 262 g/mol. The summed E-state index contributed by atoms with van der Waals surface area (Å²) in [6, 6.07) is 2.00. The van der Waals surface area contributed by atoms with Crippen LogP contribution < -0.4 is 16.4 Å². The molecule has 0 atom stereocenters. The SMILES string of the molecule is Cc1cc(C(N)=O)c(NCC(=O)NC2CC2)nc1C. The lowest BCUT2D eigenvalue weighted by Crippen LogP contribution is -2.32. The van der Waals surface area contributed by atoms with Gasteiger partial charge in [0.1, 0.15) is 5.82 Å². The maximum absolute atomic E-state index is 11.6. The number of hydrogen-bond acceptors (Lipinski definition) is 4. The second kappa shape index (κ2) is 5.26. The summed E-state index contributed by atoms with van der Waals surface area (Å²) >= 11 is 0. The van der Waals surface area contributed by atoms with Gasteiger partial charge >= 0.3 is 0 Å². The quantitative estimate of drug-likeness (QED) is 0.719. The van der Waals surface area contributed by atoms with Gasteiger partial charge in [0.2, 0.25) is 5.91 Å². The number of aromatic nitrogens is 1. The van der Waals surface area contributed by atoms with E-state index >= 15 is 0 Å². The van der Waals surface area contributed by atoms with E-state index in [2.05, 4.69) is 15.6 Å². The molecule has 0 bridgehead atoms. The molecule has 0 aliphatic heterocycles. The molecule has 1 heterocycles. The van der Waals surface area contributed by atoms with E-state index in [1.54, 1.807) is 6.07 Å². The van der Waals surface area contributed by atoms with Crippen LogP contribution in [0.3, 0.4) is 0 Å². The molecule has 6 heteroatoms. The zero-order chi connectivity index (χ0) is 14.0. The molecule has 1 aromatic heterocycles. The summed E-state index contributed by atoms with van der Waals surface area (Å²) in [6.45, 7) is 3.79. The molecule has 1 fully saturated rings. The second-order valence-electron chi connectivity index (χ2n) is 4.85. The number of carbonyl (C=O) groups excluding carboxylic acids is 2. The third kappa shape index (κ3) is 3.43. The Morgan fingerprint density at radius 1 is 1.42 bits per heavy atom. The summed E-state index contributed by atoms with van der Waals surface area (Å²) < 4.78 is 0. The number of nitrogens with one attached hydrogen (secondary N) is 2. The van der Waals surface area contributed by atoms with E-state index in [9.17, 15) is 9.59 Å². The van der Waals surface area contributed by atoms with Crippen molar-refractivity contribution in [3.8, 4) is 0 Å². The number of aryl methyl sites for hydroxylation is 2. The van der Waals surface area contributed by atoms with E-state index in [-0.39, 0.29) is 12.5 Å². The fraction of sp³-hybridized carbons (Fsp3) is 0.462. The highest BCUT2D eigenvalue weighted by Gasteiger charge is 2.23. The molecule has 0 saturated heterocycles. The van der Waals surface area contributed by atoms with Crippen LogP contribution in [0.15, 0.2) is 6.07 Å². The van der Waals surface area contributed by atoms with Gasteiger partial charge in [0.25, 0.3) is 5.91 Å². The summed E-state index contributed by atoms with van der Waals surface area (Å²) in [5.74, 6) is -0.291. The van der Waals surface area contributed by atoms with E-state index in [4.69, 9.17) is 5.73 Å². The van der Waals surface area contributed by atoms with Crippen molar-refractivity contribution in [2.75, 3.05) is 11.9 Å². The third-order valence-corrected chi connectivity index (χ3v) is 3.09.